The third-order valence-corrected chi connectivity index (χ3v) is 3.09. The molecule has 2 heteroatoms. The summed E-state index contributed by atoms with van der Waals surface area (Å²) in [6.45, 7) is 12.0. The summed E-state index contributed by atoms with van der Waals surface area (Å²) in [4.78, 5) is 2.36. The van der Waals surface area contributed by atoms with E-state index in [1.807, 2.05) is 0 Å². The van der Waals surface area contributed by atoms with Crippen LogP contribution >= 0.6 is 0 Å². The summed E-state index contributed by atoms with van der Waals surface area (Å²) in [5.74, 6) is 0.667. The van der Waals surface area contributed by atoms with Crippen LogP contribution in [-0.2, 0) is 0 Å². The summed E-state index contributed by atoms with van der Waals surface area (Å²) in [7, 11) is 2.18. The molecule has 0 saturated heterocycles. The maximum absolute atomic E-state index is 3.40. The molecule has 0 radical (unpaired) electrons. The minimum Gasteiger partial charge on any atom is -0.374 e. The van der Waals surface area contributed by atoms with Gasteiger partial charge in [-0.15, -0.1) is 0 Å². The molecule has 0 spiro atoms. The molecule has 0 fully saturated rings. The molecule has 1 rings (SSSR count). The average molecular weight is 234 g/mol. The third kappa shape index (κ3) is 4.39. The van der Waals surface area contributed by atoms with Gasteiger partial charge in [0.25, 0.3) is 0 Å². The largest absolute Gasteiger partial charge is 0.374 e. The molecule has 0 aliphatic heterocycles. The van der Waals surface area contributed by atoms with Gasteiger partial charge in [-0.1, -0.05) is 31.5 Å². The number of aryl methyl sites for hydroxylation is 2. The summed E-state index contributed by atoms with van der Waals surface area (Å²) >= 11 is 0. The topological polar surface area (TPSA) is 15.3 Å². The quantitative estimate of drug-likeness (QED) is 0.814. The molecule has 0 bridgehead atoms. The van der Waals surface area contributed by atoms with E-state index in [-0.39, 0.29) is 0 Å². The number of hydrogen-bond donors (Lipinski definition) is 1. The molecule has 0 aliphatic carbocycles. The highest BCUT2D eigenvalue weighted by molar-refractivity contribution is 5.53. The molecule has 17 heavy (non-hydrogen) atoms. The summed E-state index contributed by atoms with van der Waals surface area (Å²) in [5, 5.41) is 3.40. The number of benzene rings is 1. The predicted octanol–water partition coefficient (Wildman–Crippen LogP) is 2.99. The van der Waals surface area contributed by atoms with Crippen molar-refractivity contribution < 1.29 is 0 Å². The summed E-state index contributed by atoms with van der Waals surface area (Å²) in [5.41, 5.74) is 4.04. The maximum Gasteiger partial charge on any atom is 0.0393 e. The number of nitrogens with one attached hydrogen (secondary N) is 1. The molecule has 96 valence electrons. The van der Waals surface area contributed by atoms with Gasteiger partial charge in [0, 0.05) is 19.3 Å². The average Bonchev–Trinajstić information content (AvgIpc) is 2.26. The van der Waals surface area contributed by atoms with Gasteiger partial charge in [0.2, 0.25) is 0 Å². The van der Waals surface area contributed by atoms with E-state index in [9.17, 15) is 0 Å². The van der Waals surface area contributed by atoms with Crippen LogP contribution in [0.4, 0.5) is 5.69 Å². The maximum atomic E-state index is 3.40. The van der Waals surface area contributed by atoms with Gasteiger partial charge in [-0.2, -0.15) is 0 Å². The minimum absolute atomic E-state index is 0.667. The fraction of sp³-hybridized carbons (Fsp3) is 0.600. The van der Waals surface area contributed by atoms with E-state index < -0.39 is 0 Å². The first kappa shape index (κ1) is 14.0. The fourth-order valence-corrected chi connectivity index (χ4v) is 2.25. The molecule has 1 aromatic carbocycles. The Balaban J connectivity index is 2.60. The molecule has 2 nitrogen and oxygen atoms in total. The molecular formula is C15H26N2. The second kappa shape index (κ2) is 6.65. The van der Waals surface area contributed by atoms with Gasteiger partial charge < -0.3 is 10.2 Å². The zero-order valence-corrected chi connectivity index (χ0v) is 11.9. The van der Waals surface area contributed by atoms with Crippen LogP contribution in [0, 0.1) is 19.8 Å². The second-order valence-corrected chi connectivity index (χ2v) is 5.08. The Hall–Kier alpha value is -1.02. The molecule has 0 aliphatic rings. The number of hydrogen-bond acceptors (Lipinski definition) is 2. The Kier molecular flexibility index (Phi) is 5.49. The SMILES string of the molecule is CCNCC(C)CN(C)c1ccc(C)cc1C. The van der Waals surface area contributed by atoms with Gasteiger partial charge in [0.15, 0.2) is 0 Å². The Bertz CT molecular complexity index is 347. The Labute approximate surface area is 106 Å². The lowest BCUT2D eigenvalue weighted by Crippen LogP contribution is -2.31. The molecule has 0 heterocycles. The van der Waals surface area contributed by atoms with Crippen molar-refractivity contribution in [1.82, 2.24) is 5.32 Å². The first-order chi connectivity index (χ1) is 8.04. The van der Waals surface area contributed by atoms with Crippen LogP contribution in [0.5, 0.6) is 0 Å². The Morgan fingerprint density at radius 2 is 2.00 bits per heavy atom. The van der Waals surface area contributed by atoms with Crippen molar-refractivity contribution in [1.29, 1.82) is 0 Å². The van der Waals surface area contributed by atoms with E-state index >= 15 is 0 Å². The van der Waals surface area contributed by atoms with Crippen molar-refractivity contribution in [3.05, 3.63) is 29.3 Å². The molecule has 0 saturated carbocycles. The van der Waals surface area contributed by atoms with Gasteiger partial charge in [-0.25, -0.2) is 0 Å². The molecule has 1 atom stereocenters. The molecule has 1 unspecified atom stereocenters. The third-order valence-electron chi connectivity index (χ3n) is 3.09. The summed E-state index contributed by atoms with van der Waals surface area (Å²) in [6.07, 6.45) is 0. The zero-order chi connectivity index (χ0) is 12.8. The van der Waals surface area contributed by atoms with Crippen molar-refractivity contribution in [2.75, 3.05) is 31.6 Å². The molecule has 0 aromatic heterocycles. The van der Waals surface area contributed by atoms with E-state index in [0.29, 0.717) is 5.92 Å². The highest BCUT2D eigenvalue weighted by Gasteiger charge is 2.08. The first-order valence-corrected chi connectivity index (χ1v) is 6.53. The van der Waals surface area contributed by atoms with Crippen molar-refractivity contribution in [2.45, 2.75) is 27.7 Å². The lowest BCUT2D eigenvalue weighted by atomic mass is 10.1. The highest BCUT2D eigenvalue weighted by atomic mass is 15.1. The van der Waals surface area contributed by atoms with Gasteiger partial charge in [0.1, 0.15) is 0 Å². The smallest absolute Gasteiger partial charge is 0.0393 e. The normalized spacial score (nSPS) is 12.5. The van der Waals surface area contributed by atoms with E-state index in [1.54, 1.807) is 0 Å². The van der Waals surface area contributed by atoms with Gasteiger partial charge in [0.05, 0.1) is 0 Å². The second-order valence-electron chi connectivity index (χ2n) is 5.08. The fourth-order valence-electron chi connectivity index (χ4n) is 2.25. The molecule has 0 amide bonds. The van der Waals surface area contributed by atoms with Gasteiger partial charge in [-0.05, 0) is 44.5 Å². The minimum atomic E-state index is 0.667. The summed E-state index contributed by atoms with van der Waals surface area (Å²) < 4.78 is 0. The van der Waals surface area contributed by atoms with Crippen LogP contribution in [0.25, 0.3) is 0 Å². The van der Waals surface area contributed by atoms with E-state index in [2.05, 4.69) is 63.2 Å². The van der Waals surface area contributed by atoms with E-state index in [4.69, 9.17) is 0 Å². The first-order valence-electron chi connectivity index (χ1n) is 6.53. The highest BCUT2D eigenvalue weighted by Crippen LogP contribution is 2.20. The van der Waals surface area contributed by atoms with Crippen LogP contribution in [0.1, 0.15) is 25.0 Å². The van der Waals surface area contributed by atoms with Crippen LogP contribution < -0.4 is 10.2 Å². The number of rotatable bonds is 6. The molecular weight excluding hydrogens is 208 g/mol. The van der Waals surface area contributed by atoms with E-state index in [0.717, 1.165) is 19.6 Å². The van der Waals surface area contributed by atoms with E-state index in [1.165, 1.54) is 16.8 Å². The number of anilines is 1. The van der Waals surface area contributed by atoms with Crippen molar-refractivity contribution in [3.63, 3.8) is 0 Å². The van der Waals surface area contributed by atoms with Crippen molar-refractivity contribution in [2.24, 2.45) is 5.92 Å². The van der Waals surface area contributed by atoms with Crippen LogP contribution in [-0.4, -0.2) is 26.7 Å². The summed E-state index contributed by atoms with van der Waals surface area (Å²) in [6, 6.07) is 6.67. The standard InChI is InChI=1S/C15H26N2/c1-6-16-10-13(3)11-17(5)15-8-7-12(2)9-14(15)4/h7-9,13,16H,6,10-11H2,1-5H3. The van der Waals surface area contributed by atoms with Crippen LogP contribution in [0.2, 0.25) is 0 Å². The lowest BCUT2D eigenvalue weighted by molar-refractivity contribution is 0.523. The lowest BCUT2D eigenvalue weighted by Gasteiger charge is -2.25. The zero-order valence-electron chi connectivity index (χ0n) is 11.9. The molecule has 1 aromatic rings. The van der Waals surface area contributed by atoms with Gasteiger partial charge >= 0.3 is 0 Å². The Morgan fingerprint density at radius 1 is 1.29 bits per heavy atom. The number of nitrogens with zero attached hydrogens (tertiary/aromatic N) is 1. The van der Waals surface area contributed by atoms with Crippen molar-refractivity contribution in [3.8, 4) is 0 Å². The Morgan fingerprint density at radius 3 is 2.59 bits per heavy atom. The van der Waals surface area contributed by atoms with Gasteiger partial charge in [-0.3, -0.25) is 0 Å². The monoisotopic (exact) mass is 234 g/mol. The van der Waals surface area contributed by atoms with Crippen LogP contribution in [0.3, 0.4) is 0 Å². The molecule has 1 N–H and O–H groups in total. The van der Waals surface area contributed by atoms with Crippen LogP contribution in [0.15, 0.2) is 18.2 Å². The predicted molar refractivity (Wildman–Crippen MR) is 76.9 cm³/mol. The van der Waals surface area contributed by atoms with Crippen molar-refractivity contribution >= 4 is 5.69 Å².